The predicted molar refractivity (Wildman–Crippen MR) is 35.3 cm³/mol. The Morgan fingerprint density at radius 1 is 1.89 bits per heavy atom. The first-order chi connectivity index (χ1) is 4.22. The highest BCUT2D eigenvalue weighted by Crippen LogP contribution is 1.96. The topological polar surface area (TPSA) is 49.3 Å². The zero-order valence-electron chi connectivity index (χ0n) is 5.22. The molecule has 0 aliphatic heterocycles. The van der Waals surface area contributed by atoms with Crippen LogP contribution in [0, 0.1) is 0 Å². The molecule has 0 aromatic rings. The molecule has 0 heterocycles. The van der Waals surface area contributed by atoms with E-state index in [0.717, 1.165) is 6.42 Å². The van der Waals surface area contributed by atoms with Crippen molar-refractivity contribution in [3.05, 3.63) is 0 Å². The van der Waals surface area contributed by atoms with E-state index in [1.807, 2.05) is 6.92 Å². The van der Waals surface area contributed by atoms with Gasteiger partial charge >= 0.3 is 5.97 Å². The minimum absolute atomic E-state index is 0.568. The zero-order valence-corrected chi connectivity index (χ0v) is 5.98. The Labute approximate surface area is 59.1 Å². The molecule has 9 heavy (non-hydrogen) atoms. The number of carboxylic acids is 1. The Bertz CT molecular complexity index is 97.0. The van der Waals surface area contributed by atoms with E-state index in [4.69, 9.17) is 16.9 Å². The summed E-state index contributed by atoms with van der Waals surface area (Å²) in [6, 6.07) is -0.600. The van der Waals surface area contributed by atoms with Crippen molar-refractivity contribution < 1.29 is 9.90 Å². The first-order valence-corrected chi connectivity index (χ1v) is 3.19. The van der Waals surface area contributed by atoms with Gasteiger partial charge in [-0.3, -0.25) is 4.79 Å². The molecule has 3 nitrogen and oxygen atoms in total. The van der Waals surface area contributed by atoms with E-state index in [0.29, 0.717) is 6.42 Å². The first-order valence-electron chi connectivity index (χ1n) is 2.81. The lowest BCUT2D eigenvalue weighted by molar-refractivity contribution is -0.139. The van der Waals surface area contributed by atoms with Crippen molar-refractivity contribution in [2.45, 2.75) is 25.8 Å². The van der Waals surface area contributed by atoms with Gasteiger partial charge < -0.3 is 5.11 Å². The molecular formula is C5H10ClNO2. The molecule has 4 heteroatoms. The number of nitrogens with one attached hydrogen (secondary N) is 1. The van der Waals surface area contributed by atoms with Crippen molar-refractivity contribution in [1.29, 1.82) is 0 Å². The molecule has 0 bridgehead atoms. The summed E-state index contributed by atoms with van der Waals surface area (Å²) in [4.78, 5) is 12.3. The third-order valence-corrected chi connectivity index (χ3v) is 1.27. The fraction of sp³-hybridized carbons (Fsp3) is 0.800. The molecule has 1 atom stereocenters. The Balaban J connectivity index is 3.54. The molecule has 0 rings (SSSR count). The van der Waals surface area contributed by atoms with Crippen LogP contribution in [0.15, 0.2) is 0 Å². The zero-order chi connectivity index (χ0) is 7.28. The van der Waals surface area contributed by atoms with Crippen LogP contribution in [-0.2, 0) is 4.79 Å². The Hall–Kier alpha value is -0.280. The van der Waals surface area contributed by atoms with Crippen LogP contribution in [0.5, 0.6) is 0 Å². The van der Waals surface area contributed by atoms with E-state index in [2.05, 4.69) is 4.84 Å². The molecule has 0 saturated heterocycles. The Morgan fingerprint density at radius 2 is 2.44 bits per heavy atom. The summed E-state index contributed by atoms with van der Waals surface area (Å²) < 4.78 is 0. The second-order valence-corrected chi connectivity index (χ2v) is 2.01. The maximum absolute atomic E-state index is 10.2. The van der Waals surface area contributed by atoms with E-state index in [-0.39, 0.29) is 0 Å². The number of carboxylic acid groups (broad SMARTS) is 1. The number of halogens is 1. The smallest absolute Gasteiger partial charge is 0.321 e. The summed E-state index contributed by atoms with van der Waals surface area (Å²) in [6.45, 7) is 1.91. The maximum atomic E-state index is 10.2. The number of aliphatic carboxylic acids is 1. The van der Waals surface area contributed by atoms with Crippen molar-refractivity contribution in [2.24, 2.45) is 0 Å². The molecule has 0 aliphatic rings. The van der Waals surface area contributed by atoms with Crippen LogP contribution in [0.2, 0.25) is 0 Å². The van der Waals surface area contributed by atoms with Crippen molar-refractivity contribution in [3.8, 4) is 0 Å². The summed E-state index contributed by atoms with van der Waals surface area (Å²) in [5.41, 5.74) is 0. The molecule has 54 valence electrons. The molecule has 0 fully saturated rings. The van der Waals surface area contributed by atoms with Gasteiger partial charge in [-0.2, -0.15) is 0 Å². The highest BCUT2D eigenvalue weighted by atomic mass is 35.5. The van der Waals surface area contributed by atoms with Gasteiger partial charge in [-0.05, 0) is 18.2 Å². The highest BCUT2D eigenvalue weighted by Gasteiger charge is 2.13. The molecule has 1 unspecified atom stereocenters. The summed E-state index contributed by atoms with van der Waals surface area (Å²) in [7, 11) is 0. The molecule has 0 aromatic carbocycles. The summed E-state index contributed by atoms with van der Waals surface area (Å²) in [5, 5.41) is 8.36. The number of carbonyl (C=O) groups is 1. The van der Waals surface area contributed by atoms with Crippen LogP contribution >= 0.6 is 11.8 Å². The largest absolute Gasteiger partial charge is 0.480 e. The van der Waals surface area contributed by atoms with Crippen LogP contribution in [0.1, 0.15) is 19.8 Å². The van der Waals surface area contributed by atoms with Crippen LogP contribution in [0.3, 0.4) is 0 Å². The lowest BCUT2D eigenvalue weighted by Crippen LogP contribution is -2.29. The summed E-state index contributed by atoms with van der Waals surface area (Å²) in [6.07, 6.45) is 1.38. The minimum Gasteiger partial charge on any atom is -0.480 e. The van der Waals surface area contributed by atoms with E-state index in [1.165, 1.54) is 0 Å². The fourth-order valence-electron chi connectivity index (χ4n) is 0.513. The second-order valence-electron chi connectivity index (χ2n) is 1.79. The molecule has 0 saturated carbocycles. The van der Waals surface area contributed by atoms with Gasteiger partial charge in [0.05, 0.1) is 0 Å². The number of hydrogen-bond donors (Lipinski definition) is 2. The SMILES string of the molecule is CCCC(NCl)C(=O)O. The van der Waals surface area contributed by atoms with Gasteiger partial charge in [-0.1, -0.05) is 13.3 Å². The van der Waals surface area contributed by atoms with Crippen LogP contribution in [0.4, 0.5) is 0 Å². The van der Waals surface area contributed by atoms with Gasteiger partial charge in [0.1, 0.15) is 6.04 Å². The van der Waals surface area contributed by atoms with E-state index < -0.39 is 12.0 Å². The van der Waals surface area contributed by atoms with Crippen LogP contribution in [0.25, 0.3) is 0 Å². The minimum atomic E-state index is -0.896. The maximum Gasteiger partial charge on any atom is 0.321 e. The van der Waals surface area contributed by atoms with Gasteiger partial charge in [0, 0.05) is 0 Å². The number of rotatable bonds is 4. The average molecular weight is 152 g/mol. The molecular weight excluding hydrogens is 142 g/mol. The second kappa shape index (κ2) is 4.58. The van der Waals surface area contributed by atoms with E-state index in [1.54, 1.807) is 0 Å². The Kier molecular flexibility index (Phi) is 4.44. The van der Waals surface area contributed by atoms with Gasteiger partial charge in [0.2, 0.25) is 0 Å². The normalized spacial score (nSPS) is 13.1. The lowest BCUT2D eigenvalue weighted by Gasteiger charge is -2.05. The van der Waals surface area contributed by atoms with Crippen molar-refractivity contribution in [1.82, 2.24) is 4.84 Å². The summed E-state index contributed by atoms with van der Waals surface area (Å²) in [5.74, 6) is -0.896. The standard InChI is InChI=1S/C5H10ClNO2/c1-2-3-4(7-6)5(8)9/h4,7H,2-3H2,1H3,(H,8,9). The van der Waals surface area contributed by atoms with Crippen molar-refractivity contribution in [2.75, 3.05) is 0 Å². The van der Waals surface area contributed by atoms with Gasteiger partial charge in [-0.15, -0.1) is 0 Å². The van der Waals surface area contributed by atoms with Gasteiger partial charge in [0.25, 0.3) is 0 Å². The average Bonchev–Trinajstić information content (AvgIpc) is 1.82. The van der Waals surface area contributed by atoms with E-state index in [9.17, 15) is 4.79 Å². The van der Waals surface area contributed by atoms with E-state index >= 15 is 0 Å². The fourth-order valence-corrected chi connectivity index (χ4v) is 0.716. The highest BCUT2D eigenvalue weighted by molar-refractivity contribution is 6.14. The Morgan fingerprint density at radius 3 is 2.56 bits per heavy atom. The molecule has 0 spiro atoms. The molecule has 0 amide bonds. The first kappa shape index (κ1) is 8.72. The van der Waals surface area contributed by atoms with Crippen LogP contribution < -0.4 is 4.84 Å². The number of hydrogen-bond acceptors (Lipinski definition) is 2. The third kappa shape index (κ3) is 3.32. The van der Waals surface area contributed by atoms with Gasteiger partial charge in [-0.25, -0.2) is 4.84 Å². The van der Waals surface area contributed by atoms with Crippen molar-refractivity contribution in [3.63, 3.8) is 0 Å². The van der Waals surface area contributed by atoms with Crippen LogP contribution in [-0.4, -0.2) is 17.1 Å². The molecule has 2 N–H and O–H groups in total. The third-order valence-electron chi connectivity index (χ3n) is 1.01. The predicted octanol–water partition coefficient (Wildman–Crippen LogP) is 0.983. The van der Waals surface area contributed by atoms with Gasteiger partial charge in [0.15, 0.2) is 0 Å². The van der Waals surface area contributed by atoms with Crippen molar-refractivity contribution >= 4 is 17.7 Å². The monoisotopic (exact) mass is 151 g/mol. The summed E-state index contributed by atoms with van der Waals surface area (Å²) >= 11 is 5.11. The molecule has 0 radical (unpaired) electrons. The quantitative estimate of drug-likeness (QED) is 0.589. The molecule has 0 aromatic heterocycles. The molecule has 0 aliphatic carbocycles. The lowest BCUT2D eigenvalue weighted by atomic mass is 10.2.